The number of rotatable bonds is 5. The minimum atomic E-state index is -0.824. The van der Waals surface area contributed by atoms with Crippen LogP contribution in [0.15, 0.2) is 0 Å². The Morgan fingerprint density at radius 3 is 2.76 bits per heavy atom. The standard InChI is InChI=1S/C11H21N3O3/c1-13(5-2-3-10(15)16)11(17)14-6-4-9(7-12)8-14/h9H,2-8,12H2,1H3,(H,15,16). The first-order valence-corrected chi connectivity index (χ1v) is 5.96. The van der Waals surface area contributed by atoms with Crippen LogP contribution in [-0.2, 0) is 4.79 Å². The molecule has 3 N–H and O–H groups in total. The van der Waals surface area contributed by atoms with E-state index in [4.69, 9.17) is 10.8 Å². The van der Waals surface area contributed by atoms with Crippen molar-refractivity contribution in [2.24, 2.45) is 11.7 Å². The molecule has 0 aromatic heterocycles. The van der Waals surface area contributed by atoms with Gasteiger partial charge in [-0.3, -0.25) is 4.79 Å². The van der Waals surface area contributed by atoms with Gasteiger partial charge in [-0.05, 0) is 25.3 Å². The van der Waals surface area contributed by atoms with Crippen LogP contribution in [0.4, 0.5) is 4.79 Å². The Morgan fingerprint density at radius 1 is 1.53 bits per heavy atom. The van der Waals surface area contributed by atoms with Gasteiger partial charge in [0.2, 0.25) is 0 Å². The lowest BCUT2D eigenvalue weighted by Gasteiger charge is -2.24. The normalized spacial score (nSPS) is 19.4. The zero-order chi connectivity index (χ0) is 12.8. The van der Waals surface area contributed by atoms with E-state index in [-0.39, 0.29) is 12.5 Å². The average molecular weight is 243 g/mol. The van der Waals surface area contributed by atoms with E-state index in [1.165, 1.54) is 0 Å². The molecule has 0 saturated carbocycles. The van der Waals surface area contributed by atoms with Crippen molar-refractivity contribution in [3.05, 3.63) is 0 Å². The Morgan fingerprint density at radius 2 is 2.24 bits per heavy atom. The molecular weight excluding hydrogens is 222 g/mol. The molecule has 0 bridgehead atoms. The van der Waals surface area contributed by atoms with Crippen molar-refractivity contribution >= 4 is 12.0 Å². The maximum absolute atomic E-state index is 11.9. The van der Waals surface area contributed by atoms with Crippen LogP contribution in [0.1, 0.15) is 19.3 Å². The predicted molar refractivity (Wildman–Crippen MR) is 63.6 cm³/mol. The van der Waals surface area contributed by atoms with E-state index in [1.807, 2.05) is 0 Å². The number of carbonyl (C=O) groups is 2. The number of amides is 2. The summed E-state index contributed by atoms with van der Waals surface area (Å²) in [6, 6.07) is -0.0219. The summed E-state index contributed by atoms with van der Waals surface area (Å²) in [4.78, 5) is 25.7. The first-order chi connectivity index (χ1) is 8.04. The summed E-state index contributed by atoms with van der Waals surface area (Å²) in [5.41, 5.74) is 5.57. The molecule has 2 amide bonds. The number of likely N-dealkylation sites (tertiary alicyclic amines) is 1. The summed E-state index contributed by atoms with van der Waals surface area (Å²) < 4.78 is 0. The third kappa shape index (κ3) is 4.22. The number of nitrogens with two attached hydrogens (primary N) is 1. The van der Waals surface area contributed by atoms with Crippen molar-refractivity contribution in [1.82, 2.24) is 9.80 Å². The van der Waals surface area contributed by atoms with E-state index in [1.54, 1.807) is 16.8 Å². The minimum Gasteiger partial charge on any atom is -0.481 e. The van der Waals surface area contributed by atoms with E-state index in [9.17, 15) is 9.59 Å². The number of carbonyl (C=O) groups excluding carboxylic acids is 1. The van der Waals surface area contributed by atoms with Crippen molar-refractivity contribution in [1.29, 1.82) is 0 Å². The van der Waals surface area contributed by atoms with Gasteiger partial charge in [0.05, 0.1) is 0 Å². The fourth-order valence-corrected chi connectivity index (χ4v) is 2.00. The smallest absolute Gasteiger partial charge is 0.319 e. The van der Waals surface area contributed by atoms with Gasteiger partial charge in [-0.1, -0.05) is 0 Å². The largest absolute Gasteiger partial charge is 0.481 e. The molecule has 98 valence electrons. The van der Waals surface area contributed by atoms with Crippen molar-refractivity contribution in [2.45, 2.75) is 19.3 Å². The Bertz CT molecular complexity index is 283. The first-order valence-electron chi connectivity index (χ1n) is 5.96. The summed E-state index contributed by atoms with van der Waals surface area (Å²) in [6.07, 6.45) is 1.56. The van der Waals surface area contributed by atoms with E-state index >= 15 is 0 Å². The third-order valence-electron chi connectivity index (χ3n) is 3.10. The molecule has 0 aliphatic carbocycles. The minimum absolute atomic E-state index is 0.0219. The molecular formula is C11H21N3O3. The summed E-state index contributed by atoms with van der Waals surface area (Å²) in [6.45, 7) is 2.57. The van der Waals surface area contributed by atoms with Gasteiger partial charge in [0.1, 0.15) is 0 Å². The van der Waals surface area contributed by atoms with E-state index < -0.39 is 5.97 Å². The molecule has 6 nitrogen and oxygen atoms in total. The Labute approximate surface area is 101 Å². The topological polar surface area (TPSA) is 86.9 Å². The lowest BCUT2D eigenvalue weighted by atomic mass is 10.1. The first kappa shape index (κ1) is 13.8. The van der Waals surface area contributed by atoms with Crippen molar-refractivity contribution in [3.8, 4) is 0 Å². The molecule has 1 unspecified atom stereocenters. The number of carboxylic acid groups (broad SMARTS) is 1. The van der Waals surface area contributed by atoms with Crippen molar-refractivity contribution in [2.75, 3.05) is 33.2 Å². The van der Waals surface area contributed by atoms with E-state index in [2.05, 4.69) is 0 Å². The van der Waals surface area contributed by atoms with Crippen LogP contribution >= 0.6 is 0 Å². The van der Waals surface area contributed by atoms with Crippen LogP contribution in [-0.4, -0.2) is 60.1 Å². The quantitative estimate of drug-likeness (QED) is 0.721. The molecule has 1 heterocycles. The molecule has 0 radical (unpaired) electrons. The molecule has 1 fully saturated rings. The van der Waals surface area contributed by atoms with Gasteiger partial charge in [-0.15, -0.1) is 0 Å². The van der Waals surface area contributed by atoms with Gasteiger partial charge in [0.25, 0.3) is 0 Å². The van der Waals surface area contributed by atoms with Gasteiger partial charge in [-0.2, -0.15) is 0 Å². The van der Waals surface area contributed by atoms with Crippen LogP contribution in [0.25, 0.3) is 0 Å². The highest BCUT2D eigenvalue weighted by Crippen LogP contribution is 2.16. The summed E-state index contributed by atoms with van der Waals surface area (Å²) in [5.74, 6) is -0.415. The SMILES string of the molecule is CN(CCCC(=O)O)C(=O)N1CCC(CN)C1. The molecule has 0 aromatic carbocycles. The van der Waals surface area contributed by atoms with Gasteiger partial charge in [-0.25, -0.2) is 4.79 Å². The highest BCUT2D eigenvalue weighted by Gasteiger charge is 2.26. The van der Waals surface area contributed by atoms with Crippen LogP contribution < -0.4 is 5.73 Å². The monoisotopic (exact) mass is 243 g/mol. The highest BCUT2D eigenvalue weighted by atomic mass is 16.4. The van der Waals surface area contributed by atoms with Gasteiger partial charge < -0.3 is 20.6 Å². The van der Waals surface area contributed by atoms with Crippen LogP contribution in [0, 0.1) is 5.92 Å². The van der Waals surface area contributed by atoms with Gasteiger partial charge in [0.15, 0.2) is 0 Å². The molecule has 1 aliphatic heterocycles. The van der Waals surface area contributed by atoms with E-state index in [0.717, 1.165) is 19.5 Å². The second-order valence-electron chi connectivity index (χ2n) is 4.54. The van der Waals surface area contributed by atoms with E-state index in [0.29, 0.717) is 25.4 Å². The number of nitrogens with zero attached hydrogens (tertiary/aromatic N) is 2. The number of hydrogen-bond acceptors (Lipinski definition) is 3. The Hall–Kier alpha value is -1.30. The molecule has 0 aromatic rings. The Balaban J connectivity index is 2.29. The average Bonchev–Trinajstić information content (AvgIpc) is 2.75. The van der Waals surface area contributed by atoms with Crippen LogP contribution in [0.3, 0.4) is 0 Å². The van der Waals surface area contributed by atoms with Crippen LogP contribution in [0.2, 0.25) is 0 Å². The molecule has 1 atom stereocenters. The fraction of sp³-hybridized carbons (Fsp3) is 0.818. The molecule has 1 rings (SSSR count). The van der Waals surface area contributed by atoms with Gasteiger partial charge in [0, 0.05) is 33.1 Å². The number of carboxylic acids is 1. The van der Waals surface area contributed by atoms with Crippen LogP contribution in [0.5, 0.6) is 0 Å². The molecule has 1 aliphatic rings. The third-order valence-corrected chi connectivity index (χ3v) is 3.10. The molecule has 1 saturated heterocycles. The summed E-state index contributed by atoms with van der Waals surface area (Å²) in [7, 11) is 1.71. The fourth-order valence-electron chi connectivity index (χ4n) is 2.00. The zero-order valence-electron chi connectivity index (χ0n) is 10.3. The maximum Gasteiger partial charge on any atom is 0.319 e. The zero-order valence-corrected chi connectivity index (χ0v) is 10.3. The Kier molecular flexibility index (Phi) is 5.21. The number of aliphatic carboxylic acids is 1. The maximum atomic E-state index is 11.9. The number of urea groups is 1. The van der Waals surface area contributed by atoms with Crippen molar-refractivity contribution in [3.63, 3.8) is 0 Å². The second kappa shape index (κ2) is 6.44. The lowest BCUT2D eigenvalue weighted by molar-refractivity contribution is -0.137. The summed E-state index contributed by atoms with van der Waals surface area (Å²) >= 11 is 0. The molecule has 0 spiro atoms. The molecule has 6 heteroatoms. The number of hydrogen-bond donors (Lipinski definition) is 2. The van der Waals surface area contributed by atoms with Crippen molar-refractivity contribution < 1.29 is 14.7 Å². The predicted octanol–water partition coefficient (Wildman–Crippen LogP) is 0.184. The van der Waals surface area contributed by atoms with Gasteiger partial charge >= 0.3 is 12.0 Å². The highest BCUT2D eigenvalue weighted by molar-refractivity contribution is 5.74. The second-order valence-corrected chi connectivity index (χ2v) is 4.54. The molecule has 17 heavy (non-hydrogen) atoms. The summed E-state index contributed by atoms with van der Waals surface area (Å²) in [5, 5.41) is 8.52. The lowest BCUT2D eigenvalue weighted by Crippen LogP contribution is -2.40.